The Morgan fingerprint density at radius 2 is 2.11 bits per heavy atom. The van der Waals surface area contributed by atoms with Gasteiger partial charge < -0.3 is 10.1 Å². The Morgan fingerprint density at radius 1 is 1.32 bits per heavy atom. The number of halogens is 3. The number of anilines is 2. The van der Waals surface area contributed by atoms with Gasteiger partial charge in [-0.25, -0.2) is 9.97 Å². The Morgan fingerprint density at radius 3 is 2.84 bits per heavy atom. The van der Waals surface area contributed by atoms with Gasteiger partial charge in [0.2, 0.25) is 0 Å². The van der Waals surface area contributed by atoms with Crippen molar-refractivity contribution >= 4 is 50.6 Å². The molecule has 0 atom stereocenters. The van der Waals surface area contributed by atoms with Gasteiger partial charge in [-0.3, -0.25) is 0 Å². The molecule has 2 aromatic rings. The standard InChI is InChI=1S/C12H10BrCl2N3O/c1-19-6-11-17-9(15)5-10(18-11)16-8-4-2-3-7(14)12(8)13/h2-5H,6H2,1H3,(H,16,17,18). The van der Waals surface area contributed by atoms with Crippen molar-refractivity contribution in [2.24, 2.45) is 0 Å². The molecule has 1 heterocycles. The largest absolute Gasteiger partial charge is 0.377 e. The van der Waals surface area contributed by atoms with E-state index in [1.165, 1.54) is 0 Å². The van der Waals surface area contributed by atoms with Gasteiger partial charge in [0.15, 0.2) is 5.82 Å². The molecule has 0 aliphatic rings. The molecule has 0 aliphatic carbocycles. The van der Waals surface area contributed by atoms with Crippen molar-refractivity contribution in [2.45, 2.75) is 6.61 Å². The van der Waals surface area contributed by atoms with E-state index in [1.807, 2.05) is 12.1 Å². The molecule has 7 heteroatoms. The lowest BCUT2D eigenvalue weighted by atomic mass is 10.3. The van der Waals surface area contributed by atoms with E-state index >= 15 is 0 Å². The van der Waals surface area contributed by atoms with Crippen molar-refractivity contribution in [3.63, 3.8) is 0 Å². The van der Waals surface area contributed by atoms with Crippen molar-refractivity contribution in [2.75, 3.05) is 12.4 Å². The van der Waals surface area contributed by atoms with Gasteiger partial charge in [0, 0.05) is 13.2 Å². The minimum atomic E-state index is 0.298. The predicted molar refractivity (Wildman–Crippen MR) is 80.2 cm³/mol. The summed E-state index contributed by atoms with van der Waals surface area (Å²) in [5, 5.41) is 4.09. The Bertz CT molecular complexity index is 595. The van der Waals surface area contributed by atoms with Crippen molar-refractivity contribution < 1.29 is 4.74 Å². The van der Waals surface area contributed by atoms with Crippen LogP contribution < -0.4 is 5.32 Å². The fraction of sp³-hybridized carbons (Fsp3) is 0.167. The summed E-state index contributed by atoms with van der Waals surface area (Å²) in [6.45, 7) is 0.298. The van der Waals surface area contributed by atoms with E-state index in [-0.39, 0.29) is 0 Å². The lowest BCUT2D eigenvalue weighted by Crippen LogP contribution is -2.02. The third-order valence-electron chi connectivity index (χ3n) is 2.23. The van der Waals surface area contributed by atoms with Crippen LogP contribution in [0.4, 0.5) is 11.5 Å². The van der Waals surface area contributed by atoms with Crippen LogP contribution in [0.5, 0.6) is 0 Å². The first-order valence-electron chi connectivity index (χ1n) is 5.33. The van der Waals surface area contributed by atoms with Crippen LogP contribution in [0.15, 0.2) is 28.7 Å². The zero-order chi connectivity index (χ0) is 13.8. The van der Waals surface area contributed by atoms with E-state index in [9.17, 15) is 0 Å². The van der Waals surface area contributed by atoms with Crippen LogP contribution in [0.1, 0.15) is 5.82 Å². The number of hydrogen-bond acceptors (Lipinski definition) is 4. The number of benzene rings is 1. The van der Waals surface area contributed by atoms with E-state index in [4.69, 9.17) is 27.9 Å². The van der Waals surface area contributed by atoms with Gasteiger partial charge in [-0.15, -0.1) is 0 Å². The third kappa shape index (κ3) is 3.79. The van der Waals surface area contributed by atoms with E-state index in [0.717, 1.165) is 10.2 Å². The monoisotopic (exact) mass is 361 g/mol. The van der Waals surface area contributed by atoms with Crippen LogP contribution in [0.25, 0.3) is 0 Å². The summed E-state index contributed by atoms with van der Waals surface area (Å²) >= 11 is 15.4. The highest BCUT2D eigenvalue weighted by molar-refractivity contribution is 9.10. The highest BCUT2D eigenvalue weighted by atomic mass is 79.9. The summed E-state index contributed by atoms with van der Waals surface area (Å²) in [4.78, 5) is 8.35. The Labute approximate surface area is 129 Å². The number of aromatic nitrogens is 2. The van der Waals surface area contributed by atoms with Crippen LogP contribution in [0.2, 0.25) is 10.2 Å². The molecule has 0 saturated heterocycles. The van der Waals surface area contributed by atoms with E-state index in [2.05, 4.69) is 31.2 Å². The molecular formula is C12H10BrCl2N3O. The molecule has 1 aromatic heterocycles. The number of nitrogens with one attached hydrogen (secondary N) is 1. The lowest BCUT2D eigenvalue weighted by molar-refractivity contribution is 0.178. The topological polar surface area (TPSA) is 47.0 Å². The molecule has 1 aromatic carbocycles. The molecule has 0 bridgehead atoms. The first-order chi connectivity index (χ1) is 9.10. The molecular weight excluding hydrogens is 353 g/mol. The molecule has 4 nitrogen and oxygen atoms in total. The summed E-state index contributed by atoms with van der Waals surface area (Å²) in [6.07, 6.45) is 0. The number of methoxy groups -OCH3 is 1. The quantitative estimate of drug-likeness (QED) is 0.817. The highest BCUT2D eigenvalue weighted by Gasteiger charge is 2.07. The average molecular weight is 363 g/mol. The molecule has 0 amide bonds. The van der Waals surface area contributed by atoms with Gasteiger partial charge in [0.25, 0.3) is 0 Å². The van der Waals surface area contributed by atoms with Crippen molar-refractivity contribution in [1.82, 2.24) is 9.97 Å². The maximum absolute atomic E-state index is 6.03. The Hall–Kier alpha value is -0.880. The molecule has 0 aliphatic heterocycles. The van der Waals surface area contributed by atoms with Crippen LogP contribution in [0.3, 0.4) is 0 Å². The number of rotatable bonds is 4. The number of hydrogen-bond donors (Lipinski definition) is 1. The fourth-order valence-electron chi connectivity index (χ4n) is 1.46. The van der Waals surface area contributed by atoms with Crippen LogP contribution in [-0.4, -0.2) is 17.1 Å². The molecule has 19 heavy (non-hydrogen) atoms. The van der Waals surface area contributed by atoms with Crippen LogP contribution in [-0.2, 0) is 11.3 Å². The van der Waals surface area contributed by atoms with Crippen molar-refractivity contribution in [1.29, 1.82) is 0 Å². The maximum Gasteiger partial charge on any atom is 0.158 e. The van der Waals surface area contributed by atoms with Gasteiger partial charge in [-0.2, -0.15) is 0 Å². The summed E-state index contributed by atoms with van der Waals surface area (Å²) in [5.74, 6) is 1.09. The molecule has 0 unspecified atom stereocenters. The summed E-state index contributed by atoms with van der Waals surface area (Å²) in [5.41, 5.74) is 0.797. The minimum absolute atomic E-state index is 0.298. The van der Waals surface area contributed by atoms with Gasteiger partial charge in [0.05, 0.1) is 15.2 Å². The van der Waals surface area contributed by atoms with E-state index < -0.39 is 0 Å². The van der Waals surface area contributed by atoms with E-state index in [1.54, 1.807) is 19.2 Å². The number of nitrogens with zero attached hydrogens (tertiary/aromatic N) is 2. The second-order valence-corrected chi connectivity index (χ2v) is 5.24. The number of ether oxygens (including phenoxy) is 1. The second kappa shape index (κ2) is 6.52. The predicted octanol–water partition coefficient (Wildman–Crippen LogP) is 4.44. The molecule has 0 spiro atoms. The van der Waals surface area contributed by atoms with Gasteiger partial charge in [-0.1, -0.05) is 29.3 Å². The molecule has 100 valence electrons. The molecule has 2 rings (SSSR count). The van der Waals surface area contributed by atoms with Gasteiger partial charge in [-0.05, 0) is 28.1 Å². The second-order valence-electron chi connectivity index (χ2n) is 3.65. The van der Waals surface area contributed by atoms with Crippen molar-refractivity contribution in [3.05, 3.63) is 44.7 Å². The summed E-state index contributed by atoms with van der Waals surface area (Å²) < 4.78 is 5.75. The summed E-state index contributed by atoms with van der Waals surface area (Å²) in [6, 6.07) is 7.14. The molecule has 0 fully saturated rings. The van der Waals surface area contributed by atoms with E-state index in [0.29, 0.717) is 28.4 Å². The molecule has 1 N–H and O–H groups in total. The summed E-state index contributed by atoms with van der Waals surface area (Å²) in [7, 11) is 1.57. The lowest BCUT2D eigenvalue weighted by Gasteiger charge is -2.10. The molecule has 0 radical (unpaired) electrons. The normalized spacial score (nSPS) is 10.5. The highest BCUT2D eigenvalue weighted by Crippen LogP contribution is 2.32. The average Bonchev–Trinajstić information content (AvgIpc) is 2.35. The van der Waals surface area contributed by atoms with Crippen LogP contribution in [0, 0.1) is 0 Å². The Balaban J connectivity index is 2.30. The zero-order valence-corrected chi connectivity index (χ0v) is 13.1. The first-order valence-corrected chi connectivity index (χ1v) is 6.88. The van der Waals surface area contributed by atoms with Gasteiger partial charge >= 0.3 is 0 Å². The smallest absolute Gasteiger partial charge is 0.158 e. The fourth-order valence-corrected chi connectivity index (χ4v) is 2.20. The maximum atomic E-state index is 6.03. The Kier molecular flexibility index (Phi) is 4.99. The van der Waals surface area contributed by atoms with Crippen molar-refractivity contribution in [3.8, 4) is 0 Å². The van der Waals surface area contributed by atoms with Gasteiger partial charge in [0.1, 0.15) is 17.6 Å². The van der Waals surface area contributed by atoms with Crippen LogP contribution >= 0.6 is 39.1 Å². The molecule has 0 saturated carbocycles. The zero-order valence-electron chi connectivity index (χ0n) is 9.95. The minimum Gasteiger partial charge on any atom is -0.377 e. The third-order valence-corrected chi connectivity index (χ3v) is 3.82. The SMILES string of the molecule is COCc1nc(Cl)cc(Nc2cccc(Cl)c2Br)n1. The first kappa shape index (κ1) is 14.5.